The average Bonchev–Trinajstić information content (AvgIpc) is 3.35. The smallest absolute Gasteiger partial charge is 0.310 e. The zero-order valence-corrected chi connectivity index (χ0v) is 15.3. The van der Waals surface area contributed by atoms with Gasteiger partial charge >= 0.3 is 11.9 Å². The molecule has 4 aliphatic rings. The lowest BCUT2D eigenvalue weighted by Gasteiger charge is -2.34. The molecule has 0 aromatic heterocycles. The minimum Gasteiger partial charge on any atom is -0.459 e. The van der Waals surface area contributed by atoms with Crippen LogP contribution in [0.2, 0.25) is 0 Å². The lowest BCUT2D eigenvalue weighted by molar-refractivity contribution is -0.172. The second kappa shape index (κ2) is 6.95. The molecule has 6 heteroatoms. The van der Waals surface area contributed by atoms with E-state index in [1.165, 1.54) is 0 Å². The number of rotatable bonds is 8. The van der Waals surface area contributed by atoms with Crippen LogP contribution in [-0.2, 0) is 28.6 Å². The second-order valence-electron chi connectivity index (χ2n) is 8.35. The molecule has 4 fully saturated rings. The summed E-state index contributed by atoms with van der Waals surface area (Å²) in [4.78, 5) is 36.1. The van der Waals surface area contributed by atoms with Crippen molar-refractivity contribution in [3.63, 3.8) is 0 Å². The molecular weight excluding hydrogens is 336 g/mol. The van der Waals surface area contributed by atoms with Crippen LogP contribution < -0.4 is 0 Å². The largest absolute Gasteiger partial charge is 0.459 e. The molecule has 1 aliphatic heterocycles. The topological polar surface area (TPSA) is 78.9 Å². The van der Waals surface area contributed by atoms with Crippen LogP contribution in [-0.4, -0.2) is 42.6 Å². The van der Waals surface area contributed by atoms with Crippen molar-refractivity contribution in [2.45, 2.75) is 76.1 Å². The van der Waals surface area contributed by atoms with E-state index in [0.717, 1.165) is 51.4 Å². The van der Waals surface area contributed by atoms with E-state index in [9.17, 15) is 14.4 Å². The van der Waals surface area contributed by atoms with Gasteiger partial charge in [0.15, 0.2) is 0 Å². The van der Waals surface area contributed by atoms with Gasteiger partial charge in [0.1, 0.15) is 18.3 Å². The standard InChI is InChI=1S/C20H27O6/c1-2-3-6-20(7-4-5-8-20)26-19(23)15-12-11-13-14(15)18(22)25-17(13)16(12)24-10-9-21/h12-17H,2-8,10-11H2,1H3. The number of unbranched alkanes of at least 4 members (excludes halogenated alkanes) is 1. The van der Waals surface area contributed by atoms with Gasteiger partial charge in [0.05, 0.1) is 17.9 Å². The third-order valence-electron chi connectivity index (χ3n) is 6.97. The van der Waals surface area contributed by atoms with Crippen LogP contribution in [0.25, 0.3) is 0 Å². The number of fused-ring (bicyclic) bond motifs is 1. The lowest BCUT2D eigenvalue weighted by atomic mass is 9.78. The molecule has 143 valence electrons. The summed E-state index contributed by atoms with van der Waals surface area (Å²) in [5.41, 5.74) is -0.357. The maximum Gasteiger partial charge on any atom is 0.310 e. The fourth-order valence-electron chi connectivity index (χ4n) is 5.87. The lowest BCUT2D eigenvalue weighted by Crippen LogP contribution is -2.45. The maximum absolute atomic E-state index is 13.1. The van der Waals surface area contributed by atoms with Crippen LogP contribution in [0.1, 0.15) is 58.3 Å². The summed E-state index contributed by atoms with van der Waals surface area (Å²) in [7, 11) is 0. The molecule has 6 nitrogen and oxygen atoms in total. The molecule has 1 radical (unpaired) electrons. The molecule has 6 unspecified atom stereocenters. The van der Waals surface area contributed by atoms with Crippen LogP contribution in [0, 0.1) is 23.7 Å². The van der Waals surface area contributed by atoms with Gasteiger partial charge in [0, 0.05) is 11.8 Å². The van der Waals surface area contributed by atoms with E-state index in [1.807, 2.05) is 0 Å². The van der Waals surface area contributed by atoms with Crippen LogP contribution in [0.3, 0.4) is 0 Å². The highest BCUT2D eigenvalue weighted by Crippen LogP contribution is 2.59. The molecule has 0 aromatic carbocycles. The van der Waals surface area contributed by atoms with Gasteiger partial charge in [-0.3, -0.25) is 14.4 Å². The summed E-state index contributed by atoms with van der Waals surface area (Å²) in [6.45, 7) is 1.98. The molecule has 0 spiro atoms. The maximum atomic E-state index is 13.1. The van der Waals surface area contributed by atoms with Crippen molar-refractivity contribution in [2.24, 2.45) is 23.7 Å². The molecular formula is C20H27O6. The van der Waals surface area contributed by atoms with Gasteiger partial charge in [-0.25, -0.2) is 0 Å². The summed E-state index contributed by atoms with van der Waals surface area (Å²) >= 11 is 0. The molecule has 1 heterocycles. The van der Waals surface area contributed by atoms with E-state index in [2.05, 4.69) is 6.92 Å². The Balaban J connectivity index is 1.51. The first-order valence-electron chi connectivity index (χ1n) is 10.00. The summed E-state index contributed by atoms with van der Waals surface area (Å²) in [5.74, 6) is -1.56. The minimum absolute atomic E-state index is 0.0110. The van der Waals surface area contributed by atoms with E-state index in [-0.39, 0.29) is 42.1 Å². The summed E-state index contributed by atoms with van der Waals surface area (Å²) in [6, 6.07) is 0. The van der Waals surface area contributed by atoms with Crippen molar-refractivity contribution in [3.05, 3.63) is 0 Å². The van der Waals surface area contributed by atoms with Crippen molar-refractivity contribution in [3.8, 4) is 0 Å². The van der Waals surface area contributed by atoms with Crippen molar-refractivity contribution >= 4 is 18.2 Å². The zero-order chi connectivity index (χ0) is 18.3. The van der Waals surface area contributed by atoms with Crippen LogP contribution >= 0.6 is 0 Å². The fourth-order valence-corrected chi connectivity index (χ4v) is 5.87. The number of carbonyl (C=O) groups is 2. The van der Waals surface area contributed by atoms with Gasteiger partial charge in [-0.15, -0.1) is 0 Å². The summed E-state index contributed by atoms with van der Waals surface area (Å²) in [5, 5.41) is 0. The Morgan fingerprint density at radius 1 is 1.31 bits per heavy atom. The highest BCUT2D eigenvalue weighted by atomic mass is 16.6. The normalized spacial score (nSPS) is 39.2. The highest BCUT2D eigenvalue weighted by molar-refractivity contribution is 5.86. The Kier molecular flexibility index (Phi) is 4.80. The first-order chi connectivity index (χ1) is 12.6. The number of hydrogen-bond donors (Lipinski definition) is 0. The third-order valence-corrected chi connectivity index (χ3v) is 6.97. The van der Waals surface area contributed by atoms with Gasteiger partial charge in [0.25, 0.3) is 0 Å². The highest BCUT2D eigenvalue weighted by Gasteiger charge is 2.69. The molecule has 1 saturated heterocycles. The number of carbonyl (C=O) groups excluding carboxylic acids is 3. The molecule has 0 aromatic rings. The van der Waals surface area contributed by atoms with Gasteiger partial charge < -0.3 is 14.2 Å². The third kappa shape index (κ3) is 2.77. The first kappa shape index (κ1) is 18.0. The first-order valence-corrected chi connectivity index (χ1v) is 10.00. The van der Waals surface area contributed by atoms with E-state index in [4.69, 9.17) is 14.2 Å². The van der Waals surface area contributed by atoms with Crippen LogP contribution in [0.4, 0.5) is 0 Å². The van der Waals surface area contributed by atoms with Gasteiger partial charge in [-0.2, -0.15) is 0 Å². The molecule has 3 saturated carbocycles. The SMILES string of the molecule is CCCCC1(OC(=O)C2C3CC4C(OC(=O)C42)C3OC[C]=O)CCCC1. The predicted octanol–water partition coefficient (Wildman–Crippen LogP) is 2.33. The summed E-state index contributed by atoms with van der Waals surface area (Å²) in [6.07, 6.45) is 8.75. The number of hydrogen-bond acceptors (Lipinski definition) is 6. The molecule has 0 N–H and O–H groups in total. The van der Waals surface area contributed by atoms with Crippen molar-refractivity contribution in [2.75, 3.05) is 6.61 Å². The van der Waals surface area contributed by atoms with Crippen molar-refractivity contribution in [1.82, 2.24) is 0 Å². The molecule has 4 rings (SSSR count). The predicted molar refractivity (Wildman–Crippen MR) is 90.7 cm³/mol. The van der Waals surface area contributed by atoms with Crippen molar-refractivity contribution < 1.29 is 28.6 Å². The quantitative estimate of drug-likeness (QED) is 0.616. The Bertz CT molecular complexity index is 581. The van der Waals surface area contributed by atoms with Crippen LogP contribution in [0.15, 0.2) is 0 Å². The number of esters is 2. The van der Waals surface area contributed by atoms with Gasteiger partial charge in [0.2, 0.25) is 6.29 Å². The Morgan fingerprint density at radius 3 is 2.77 bits per heavy atom. The average molecular weight is 363 g/mol. The van der Waals surface area contributed by atoms with E-state index < -0.39 is 17.9 Å². The van der Waals surface area contributed by atoms with Gasteiger partial charge in [-0.05, 0) is 44.9 Å². The Hall–Kier alpha value is -1.43. The molecule has 3 aliphatic carbocycles. The molecule has 2 bridgehead atoms. The minimum atomic E-state index is -0.498. The Labute approximate surface area is 153 Å². The Morgan fingerprint density at radius 2 is 2.08 bits per heavy atom. The van der Waals surface area contributed by atoms with E-state index in [1.54, 1.807) is 6.29 Å². The van der Waals surface area contributed by atoms with E-state index >= 15 is 0 Å². The van der Waals surface area contributed by atoms with Gasteiger partial charge in [-0.1, -0.05) is 13.3 Å². The second-order valence-corrected chi connectivity index (χ2v) is 8.35. The number of ether oxygens (including phenoxy) is 3. The molecule has 26 heavy (non-hydrogen) atoms. The summed E-state index contributed by atoms with van der Waals surface area (Å²) < 4.78 is 17.2. The fraction of sp³-hybridized carbons (Fsp3) is 0.850. The zero-order valence-electron chi connectivity index (χ0n) is 15.3. The van der Waals surface area contributed by atoms with Crippen LogP contribution in [0.5, 0.6) is 0 Å². The molecule has 6 atom stereocenters. The monoisotopic (exact) mass is 363 g/mol. The van der Waals surface area contributed by atoms with E-state index in [0.29, 0.717) is 0 Å². The molecule has 0 amide bonds. The van der Waals surface area contributed by atoms with Crippen molar-refractivity contribution in [1.29, 1.82) is 0 Å².